The number of carbonyl (C=O) groups excluding carboxylic acids is 1. The molecule has 0 radical (unpaired) electrons. The molecule has 0 aromatic carbocycles. The van der Waals surface area contributed by atoms with Crippen molar-refractivity contribution in [3.05, 3.63) is 22.4 Å². The molecule has 0 spiro atoms. The molecule has 4 nitrogen and oxygen atoms in total. The van der Waals surface area contributed by atoms with E-state index in [-0.39, 0.29) is 18.4 Å². The Morgan fingerprint density at radius 3 is 2.74 bits per heavy atom. The highest BCUT2D eigenvalue weighted by molar-refractivity contribution is 7.07. The van der Waals surface area contributed by atoms with Crippen molar-refractivity contribution in [3.63, 3.8) is 0 Å². The van der Waals surface area contributed by atoms with Crippen LogP contribution in [0.15, 0.2) is 16.8 Å². The Morgan fingerprint density at radius 2 is 2.04 bits per heavy atom. The highest BCUT2D eigenvalue weighted by Crippen LogP contribution is 2.25. The lowest BCUT2D eigenvalue weighted by atomic mass is 9.89. The van der Waals surface area contributed by atoms with Gasteiger partial charge in [-0.05, 0) is 73.0 Å². The summed E-state index contributed by atoms with van der Waals surface area (Å²) in [6, 6.07) is 2.10. The standard InChI is InChI=1S/C18H28N2O2S/c21-13-17-9-16(10-19-6-1-2-7-19)11-20(12-17)18(22)4-3-15-5-8-23-14-15/h5,8,14,16-17,21H,1-4,6-7,9-13H2/t16-,17-/m1/s1. The number of carbonyl (C=O) groups is 1. The fraction of sp³-hybridized carbons (Fsp3) is 0.722. The molecule has 2 saturated heterocycles. The number of aliphatic hydroxyl groups excluding tert-OH is 1. The van der Waals surface area contributed by atoms with Crippen molar-refractivity contribution < 1.29 is 9.90 Å². The van der Waals surface area contributed by atoms with Crippen LogP contribution >= 0.6 is 11.3 Å². The molecular formula is C18H28N2O2S. The lowest BCUT2D eigenvalue weighted by molar-refractivity contribution is -0.134. The molecule has 3 heterocycles. The van der Waals surface area contributed by atoms with E-state index in [0.29, 0.717) is 12.3 Å². The van der Waals surface area contributed by atoms with Gasteiger partial charge < -0.3 is 14.9 Å². The van der Waals surface area contributed by atoms with Crippen molar-refractivity contribution in [1.82, 2.24) is 9.80 Å². The molecule has 2 atom stereocenters. The molecule has 1 N–H and O–H groups in total. The monoisotopic (exact) mass is 336 g/mol. The van der Waals surface area contributed by atoms with Crippen LogP contribution in [0.5, 0.6) is 0 Å². The van der Waals surface area contributed by atoms with Gasteiger partial charge in [0.15, 0.2) is 0 Å². The summed E-state index contributed by atoms with van der Waals surface area (Å²) in [6.45, 7) is 5.29. The maximum Gasteiger partial charge on any atom is 0.222 e. The zero-order valence-electron chi connectivity index (χ0n) is 13.8. The number of hydrogen-bond donors (Lipinski definition) is 1. The van der Waals surface area contributed by atoms with E-state index in [9.17, 15) is 9.90 Å². The van der Waals surface area contributed by atoms with Crippen molar-refractivity contribution in [2.45, 2.75) is 32.1 Å². The highest BCUT2D eigenvalue weighted by Gasteiger charge is 2.30. The Labute approximate surface area is 143 Å². The van der Waals surface area contributed by atoms with Gasteiger partial charge in [0, 0.05) is 32.7 Å². The third kappa shape index (κ3) is 4.78. The quantitative estimate of drug-likeness (QED) is 0.866. The lowest BCUT2D eigenvalue weighted by Gasteiger charge is -2.38. The van der Waals surface area contributed by atoms with Gasteiger partial charge in [-0.3, -0.25) is 4.79 Å². The molecule has 23 heavy (non-hydrogen) atoms. The number of aryl methyl sites for hydroxylation is 1. The maximum atomic E-state index is 12.6. The number of thiophene rings is 1. The Bertz CT molecular complexity index is 485. The number of hydrogen-bond acceptors (Lipinski definition) is 4. The van der Waals surface area contributed by atoms with Crippen LogP contribution in [-0.2, 0) is 11.2 Å². The number of nitrogens with zero attached hydrogens (tertiary/aromatic N) is 2. The third-order valence-corrected chi connectivity index (χ3v) is 5.89. The summed E-state index contributed by atoms with van der Waals surface area (Å²) in [5.41, 5.74) is 1.26. The van der Waals surface area contributed by atoms with Crippen molar-refractivity contribution in [2.24, 2.45) is 11.8 Å². The average Bonchev–Trinajstić information content (AvgIpc) is 3.25. The van der Waals surface area contributed by atoms with Crippen LogP contribution in [0.4, 0.5) is 0 Å². The first-order chi connectivity index (χ1) is 11.2. The van der Waals surface area contributed by atoms with Gasteiger partial charge >= 0.3 is 0 Å². The minimum absolute atomic E-state index is 0.199. The minimum atomic E-state index is 0.199. The van der Waals surface area contributed by atoms with E-state index < -0.39 is 0 Å². The number of aliphatic hydroxyl groups is 1. The first kappa shape index (κ1) is 16.9. The Kier molecular flexibility index (Phi) is 6.08. The Hall–Kier alpha value is -0.910. The van der Waals surface area contributed by atoms with E-state index in [2.05, 4.69) is 21.7 Å². The molecule has 128 valence electrons. The molecule has 2 aliphatic heterocycles. The largest absolute Gasteiger partial charge is 0.396 e. The van der Waals surface area contributed by atoms with Crippen LogP contribution in [0.2, 0.25) is 0 Å². The summed E-state index contributed by atoms with van der Waals surface area (Å²) >= 11 is 1.69. The molecule has 2 fully saturated rings. The normalized spacial score (nSPS) is 25.9. The lowest BCUT2D eigenvalue weighted by Crippen LogP contribution is -2.47. The third-order valence-electron chi connectivity index (χ3n) is 5.16. The van der Waals surface area contributed by atoms with Crippen molar-refractivity contribution >= 4 is 17.2 Å². The summed E-state index contributed by atoms with van der Waals surface area (Å²) in [4.78, 5) is 17.1. The van der Waals surface area contributed by atoms with Crippen LogP contribution in [0.1, 0.15) is 31.2 Å². The molecule has 3 rings (SSSR count). The van der Waals surface area contributed by atoms with E-state index in [1.807, 2.05) is 4.90 Å². The number of piperidine rings is 1. The second-order valence-electron chi connectivity index (χ2n) is 7.09. The van der Waals surface area contributed by atoms with Gasteiger partial charge in [-0.25, -0.2) is 0 Å². The molecule has 2 aliphatic rings. The van der Waals surface area contributed by atoms with Gasteiger partial charge in [0.25, 0.3) is 0 Å². The average molecular weight is 337 g/mol. The van der Waals surface area contributed by atoms with E-state index in [4.69, 9.17) is 0 Å². The summed E-state index contributed by atoms with van der Waals surface area (Å²) in [5.74, 6) is 1.02. The fourth-order valence-corrected chi connectivity index (χ4v) is 4.66. The van der Waals surface area contributed by atoms with E-state index in [0.717, 1.165) is 32.5 Å². The highest BCUT2D eigenvalue weighted by atomic mass is 32.1. The molecule has 0 aliphatic carbocycles. The predicted molar refractivity (Wildman–Crippen MR) is 93.6 cm³/mol. The van der Waals surface area contributed by atoms with Crippen molar-refractivity contribution in [3.8, 4) is 0 Å². The van der Waals surface area contributed by atoms with Crippen LogP contribution in [-0.4, -0.2) is 60.1 Å². The first-order valence-electron chi connectivity index (χ1n) is 8.86. The molecule has 0 bridgehead atoms. The molecule has 1 amide bonds. The molecule has 1 aromatic rings. The van der Waals surface area contributed by atoms with E-state index >= 15 is 0 Å². The second-order valence-corrected chi connectivity index (χ2v) is 7.87. The van der Waals surface area contributed by atoms with Crippen LogP contribution in [0.25, 0.3) is 0 Å². The van der Waals surface area contributed by atoms with Crippen LogP contribution < -0.4 is 0 Å². The smallest absolute Gasteiger partial charge is 0.222 e. The molecular weight excluding hydrogens is 308 g/mol. The number of likely N-dealkylation sites (tertiary alicyclic amines) is 2. The second kappa shape index (κ2) is 8.27. The van der Waals surface area contributed by atoms with Crippen LogP contribution in [0.3, 0.4) is 0 Å². The molecule has 0 saturated carbocycles. The van der Waals surface area contributed by atoms with Gasteiger partial charge in [-0.2, -0.15) is 11.3 Å². The zero-order valence-corrected chi connectivity index (χ0v) is 14.6. The Balaban J connectivity index is 1.52. The van der Waals surface area contributed by atoms with Gasteiger partial charge in [0.1, 0.15) is 0 Å². The SMILES string of the molecule is O=C(CCc1ccsc1)N1C[C@H](CO)C[C@H](CN2CCCC2)C1. The van der Waals surface area contributed by atoms with E-state index in [1.54, 1.807) is 11.3 Å². The molecule has 1 aromatic heterocycles. The molecule has 0 unspecified atom stereocenters. The summed E-state index contributed by atoms with van der Waals surface area (Å²) in [6.07, 6.45) is 5.09. The number of rotatable bonds is 6. The van der Waals surface area contributed by atoms with E-state index in [1.165, 1.54) is 31.5 Å². The fourth-order valence-electron chi connectivity index (χ4n) is 3.96. The summed E-state index contributed by atoms with van der Waals surface area (Å²) < 4.78 is 0. The van der Waals surface area contributed by atoms with Crippen molar-refractivity contribution in [1.29, 1.82) is 0 Å². The minimum Gasteiger partial charge on any atom is -0.396 e. The summed E-state index contributed by atoms with van der Waals surface area (Å²) in [5, 5.41) is 13.8. The predicted octanol–water partition coefficient (Wildman–Crippen LogP) is 2.23. The topological polar surface area (TPSA) is 43.8 Å². The van der Waals surface area contributed by atoms with Gasteiger partial charge in [0.2, 0.25) is 5.91 Å². The molecule has 5 heteroatoms. The van der Waals surface area contributed by atoms with Crippen LogP contribution in [0, 0.1) is 11.8 Å². The zero-order chi connectivity index (χ0) is 16.1. The van der Waals surface area contributed by atoms with Gasteiger partial charge in [-0.1, -0.05) is 0 Å². The first-order valence-corrected chi connectivity index (χ1v) is 9.81. The maximum absolute atomic E-state index is 12.6. The van der Waals surface area contributed by atoms with Gasteiger partial charge in [0.05, 0.1) is 0 Å². The summed E-state index contributed by atoms with van der Waals surface area (Å²) in [7, 11) is 0. The van der Waals surface area contributed by atoms with Crippen molar-refractivity contribution in [2.75, 3.05) is 39.3 Å². The van der Waals surface area contributed by atoms with Gasteiger partial charge in [-0.15, -0.1) is 0 Å². The Morgan fingerprint density at radius 1 is 1.26 bits per heavy atom. The number of amides is 1.